The Morgan fingerprint density at radius 3 is 1.34 bits per heavy atom. The molecule has 0 heterocycles. The van der Waals surface area contributed by atoms with Gasteiger partial charge in [-0.2, -0.15) is 0 Å². The second-order valence-electron chi connectivity index (χ2n) is 8.49. The average Bonchev–Trinajstić information content (AvgIpc) is 2.74. The molecule has 2 N–H and O–H groups in total. The Morgan fingerprint density at radius 1 is 0.594 bits per heavy atom. The van der Waals surface area contributed by atoms with E-state index in [-0.39, 0.29) is 0 Å². The van der Waals surface area contributed by atoms with Crippen molar-refractivity contribution in [3.63, 3.8) is 0 Å². The van der Waals surface area contributed by atoms with Crippen LogP contribution in [0.3, 0.4) is 0 Å². The van der Waals surface area contributed by atoms with E-state index in [9.17, 15) is 9.59 Å². The van der Waals surface area contributed by atoms with Crippen LogP contribution in [0.25, 0.3) is 0 Å². The zero-order valence-electron chi connectivity index (χ0n) is 18.7. The van der Waals surface area contributed by atoms with Gasteiger partial charge in [0.25, 0.3) is 0 Å². The van der Waals surface area contributed by atoms with Crippen molar-refractivity contribution in [1.82, 2.24) is 10.6 Å². The smallest absolute Gasteiger partial charge is 0.410 e. The van der Waals surface area contributed by atoms with Gasteiger partial charge in [-0.3, -0.25) is 0 Å². The van der Waals surface area contributed by atoms with Gasteiger partial charge in [0.05, 0.1) is 11.1 Å². The minimum absolute atomic E-state index is 0.469. The van der Waals surface area contributed by atoms with Crippen molar-refractivity contribution in [2.45, 2.75) is 38.8 Å². The molecule has 0 unspecified atom stereocenters. The number of nitrogens with one attached hydrogen (secondary N) is 2. The summed E-state index contributed by atoms with van der Waals surface area (Å²) < 4.78 is 10.7. The van der Waals surface area contributed by atoms with Crippen LogP contribution in [0.4, 0.5) is 9.59 Å². The minimum Gasteiger partial charge on any atom is -0.410 e. The van der Waals surface area contributed by atoms with Crippen LogP contribution < -0.4 is 20.1 Å². The van der Waals surface area contributed by atoms with E-state index in [0.29, 0.717) is 11.5 Å². The predicted molar refractivity (Wildman–Crippen MR) is 124 cm³/mol. The van der Waals surface area contributed by atoms with Gasteiger partial charge in [-0.25, -0.2) is 9.59 Å². The largest absolute Gasteiger partial charge is 0.413 e. The zero-order valence-corrected chi connectivity index (χ0v) is 18.7. The van der Waals surface area contributed by atoms with Crippen molar-refractivity contribution in [3.8, 4) is 11.5 Å². The first-order chi connectivity index (χ1) is 15.2. The molecule has 2 amide bonds. The molecule has 0 spiro atoms. The normalized spacial score (nSPS) is 11.4. The molecular weight excluding hydrogens is 404 g/mol. The molecule has 32 heavy (non-hydrogen) atoms. The molecule has 166 valence electrons. The summed E-state index contributed by atoms with van der Waals surface area (Å²) in [5.74, 6) is 0.939. The van der Waals surface area contributed by atoms with Crippen molar-refractivity contribution >= 4 is 12.2 Å². The maximum atomic E-state index is 12.4. The van der Waals surface area contributed by atoms with E-state index in [1.54, 1.807) is 48.5 Å². The molecule has 0 aromatic heterocycles. The van der Waals surface area contributed by atoms with Crippen LogP contribution in [0.1, 0.15) is 38.8 Å². The van der Waals surface area contributed by atoms with Crippen molar-refractivity contribution in [3.05, 3.63) is 96.1 Å². The highest BCUT2D eigenvalue weighted by molar-refractivity contribution is 5.72. The number of para-hydroxylation sites is 2. The van der Waals surface area contributed by atoms with Crippen LogP contribution in [0.15, 0.2) is 84.9 Å². The summed E-state index contributed by atoms with van der Waals surface area (Å²) in [4.78, 5) is 24.8. The number of amides is 2. The van der Waals surface area contributed by atoms with Gasteiger partial charge in [0.15, 0.2) is 0 Å². The van der Waals surface area contributed by atoms with E-state index in [4.69, 9.17) is 9.47 Å². The van der Waals surface area contributed by atoms with Gasteiger partial charge < -0.3 is 20.1 Å². The molecule has 0 aliphatic rings. The lowest BCUT2D eigenvalue weighted by molar-refractivity contribution is 0.188. The molecule has 0 aliphatic carbocycles. The van der Waals surface area contributed by atoms with Crippen LogP contribution in [0, 0.1) is 0 Å². The SMILES string of the molecule is CC(C)(NC(=O)Oc1ccccc1)c1cccc(C(C)(C)NC(=O)Oc2ccccc2)c1. The highest BCUT2D eigenvalue weighted by atomic mass is 16.6. The number of rotatable bonds is 6. The fourth-order valence-electron chi connectivity index (χ4n) is 3.19. The second kappa shape index (κ2) is 9.56. The fourth-order valence-corrected chi connectivity index (χ4v) is 3.19. The maximum Gasteiger partial charge on any atom is 0.413 e. The summed E-state index contributed by atoms with van der Waals surface area (Å²) in [5, 5.41) is 5.80. The van der Waals surface area contributed by atoms with E-state index in [2.05, 4.69) is 10.6 Å². The highest BCUT2D eigenvalue weighted by Crippen LogP contribution is 2.27. The summed E-state index contributed by atoms with van der Waals surface area (Å²) in [6.45, 7) is 7.57. The number of carbonyl (C=O) groups excluding carboxylic acids is 2. The maximum absolute atomic E-state index is 12.4. The topological polar surface area (TPSA) is 76.7 Å². The third-order valence-corrected chi connectivity index (χ3v) is 5.04. The number of ether oxygens (including phenoxy) is 2. The monoisotopic (exact) mass is 432 g/mol. The minimum atomic E-state index is -0.706. The molecule has 3 aromatic rings. The van der Waals surface area contributed by atoms with E-state index in [1.807, 2.05) is 64.1 Å². The molecule has 6 heteroatoms. The molecule has 3 rings (SSSR count). The summed E-state index contributed by atoms with van der Waals surface area (Å²) in [5.41, 5.74) is 0.322. The van der Waals surface area contributed by atoms with Gasteiger partial charge in [-0.15, -0.1) is 0 Å². The fraction of sp³-hybridized carbons (Fsp3) is 0.231. The first-order valence-electron chi connectivity index (χ1n) is 10.4. The lowest BCUT2D eigenvalue weighted by Gasteiger charge is -2.30. The molecular formula is C26H28N2O4. The van der Waals surface area contributed by atoms with E-state index in [1.165, 1.54) is 0 Å². The molecule has 0 saturated heterocycles. The Kier molecular flexibility index (Phi) is 6.83. The number of benzene rings is 3. The van der Waals surface area contributed by atoms with Crippen molar-refractivity contribution in [2.24, 2.45) is 0 Å². The lowest BCUT2D eigenvalue weighted by Crippen LogP contribution is -2.44. The van der Waals surface area contributed by atoms with Gasteiger partial charge >= 0.3 is 12.2 Å². The quantitative estimate of drug-likeness (QED) is 0.521. The van der Waals surface area contributed by atoms with Crippen LogP contribution in [0.5, 0.6) is 11.5 Å². The Hall–Kier alpha value is -3.80. The van der Waals surface area contributed by atoms with E-state index < -0.39 is 23.3 Å². The molecule has 0 fully saturated rings. The number of hydrogen-bond donors (Lipinski definition) is 2. The van der Waals surface area contributed by atoms with Gasteiger partial charge in [-0.1, -0.05) is 60.7 Å². The Morgan fingerprint density at radius 2 is 0.969 bits per heavy atom. The summed E-state index contributed by atoms with van der Waals surface area (Å²) >= 11 is 0. The van der Waals surface area contributed by atoms with E-state index >= 15 is 0 Å². The Labute approximate surface area is 188 Å². The average molecular weight is 433 g/mol. The van der Waals surface area contributed by atoms with Crippen molar-refractivity contribution in [1.29, 1.82) is 0 Å². The summed E-state index contributed by atoms with van der Waals surface area (Å²) in [6.07, 6.45) is -1.09. The third-order valence-electron chi connectivity index (χ3n) is 5.04. The van der Waals surface area contributed by atoms with Crippen molar-refractivity contribution < 1.29 is 19.1 Å². The van der Waals surface area contributed by atoms with Crippen LogP contribution in [0.2, 0.25) is 0 Å². The molecule has 3 aromatic carbocycles. The lowest BCUT2D eigenvalue weighted by atomic mass is 9.87. The standard InChI is InChI=1S/C26H28N2O4/c1-25(2,27-23(29)31-21-14-7-5-8-15-21)19-12-11-13-20(18-19)26(3,4)28-24(30)32-22-16-9-6-10-17-22/h5-18H,1-4H3,(H,27,29)(H,28,30). The number of hydrogen-bond acceptors (Lipinski definition) is 4. The molecule has 6 nitrogen and oxygen atoms in total. The molecule has 0 saturated carbocycles. The van der Waals surface area contributed by atoms with E-state index in [0.717, 1.165) is 11.1 Å². The highest BCUT2D eigenvalue weighted by Gasteiger charge is 2.28. The number of carbonyl (C=O) groups is 2. The van der Waals surface area contributed by atoms with Gasteiger partial charge in [0, 0.05) is 0 Å². The first-order valence-corrected chi connectivity index (χ1v) is 10.4. The predicted octanol–water partition coefficient (Wildman–Crippen LogP) is 5.73. The first kappa shape index (κ1) is 22.9. The summed E-state index contributed by atoms with van der Waals surface area (Å²) in [6, 6.07) is 25.5. The second-order valence-corrected chi connectivity index (χ2v) is 8.49. The Bertz CT molecular complexity index is 981. The molecule has 0 aliphatic heterocycles. The van der Waals surface area contributed by atoms with Gasteiger partial charge in [0.2, 0.25) is 0 Å². The summed E-state index contributed by atoms with van der Waals surface area (Å²) in [7, 11) is 0. The van der Waals surface area contributed by atoms with Gasteiger partial charge in [0.1, 0.15) is 11.5 Å². The van der Waals surface area contributed by atoms with Crippen molar-refractivity contribution in [2.75, 3.05) is 0 Å². The van der Waals surface area contributed by atoms with Crippen LogP contribution >= 0.6 is 0 Å². The van der Waals surface area contributed by atoms with Gasteiger partial charge in [-0.05, 0) is 63.1 Å². The van der Waals surface area contributed by atoms with Crippen LogP contribution in [-0.2, 0) is 11.1 Å². The molecule has 0 radical (unpaired) electrons. The van der Waals surface area contributed by atoms with Crippen LogP contribution in [-0.4, -0.2) is 12.2 Å². The third kappa shape index (κ3) is 6.11. The molecule has 0 atom stereocenters. The zero-order chi connectivity index (χ0) is 23.2. The molecule has 0 bridgehead atoms. The Balaban J connectivity index is 1.69.